The molecule has 0 aromatic heterocycles. The van der Waals surface area contributed by atoms with Gasteiger partial charge in [0.2, 0.25) is 0 Å². The van der Waals surface area contributed by atoms with E-state index < -0.39 is 0 Å². The number of halogens is 2. The normalized spacial score (nSPS) is 9.00. The maximum Gasteiger partial charge on any atom is -0.194 e. The van der Waals surface area contributed by atoms with E-state index in [0.29, 0.717) is 0 Å². The molecular weight excluding hydrogens is 306 g/mol. The summed E-state index contributed by atoms with van der Waals surface area (Å²) >= 11 is 4.18. The predicted octanol–water partition coefficient (Wildman–Crippen LogP) is 1.19. The molecular formula is C2H4I2N2-2. The first-order valence-electron chi connectivity index (χ1n) is 1.26. The minimum absolute atomic E-state index is 1.78. The fourth-order valence-electron chi connectivity index (χ4n) is 0.0630. The highest BCUT2D eigenvalue weighted by atomic mass is 127. The van der Waals surface area contributed by atoms with E-state index in [9.17, 15) is 0 Å². The fourth-order valence-corrected chi connectivity index (χ4v) is 0.423. The third-order valence-corrected chi connectivity index (χ3v) is 0.815. The Labute approximate surface area is 64.7 Å². The van der Waals surface area contributed by atoms with Gasteiger partial charge >= 0.3 is 0 Å². The first-order chi connectivity index (χ1) is 2.91. The molecule has 0 bridgehead atoms. The van der Waals surface area contributed by atoms with Crippen LogP contribution < -0.4 is 10.9 Å². The summed E-state index contributed by atoms with van der Waals surface area (Å²) in [6.45, 7) is 0. The molecule has 0 radical (unpaired) electrons. The van der Waals surface area contributed by atoms with Gasteiger partial charge in [0, 0.05) is 0 Å². The van der Waals surface area contributed by atoms with Crippen molar-refractivity contribution in [1.29, 1.82) is 0 Å². The van der Waals surface area contributed by atoms with E-state index in [1.165, 1.54) is 0 Å². The summed E-state index contributed by atoms with van der Waals surface area (Å²) in [5.41, 5.74) is 5.49. The SMILES string of the molecule is I[CH-]NN[CH-]I. The van der Waals surface area contributed by atoms with Crippen molar-refractivity contribution < 1.29 is 0 Å². The van der Waals surface area contributed by atoms with Gasteiger partial charge in [-0.15, -0.1) is 0 Å². The number of rotatable bonds is 3. The molecule has 4 heteroatoms. The average molecular weight is 310 g/mol. The molecule has 6 heavy (non-hydrogen) atoms. The van der Waals surface area contributed by atoms with Gasteiger partial charge in [-0.1, -0.05) is 0 Å². The molecule has 0 rings (SSSR count). The first-order valence-corrected chi connectivity index (χ1v) is 3.76. The van der Waals surface area contributed by atoms with Gasteiger partial charge in [-0.25, -0.2) is 0 Å². The fraction of sp³-hybridized carbons (Fsp3) is 0. The largest absolute Gasteiger partial charge is 0.427 e. The molecule has 0 heterocycles. The van der Waals surface area contributed by atoms with Crippen LogP contribution in [0, 0.1) is 9.10 Å². The van der Waals surface area contributed by atoms with Crippen LogP contribution in [0.2, 0.25) is 0 Å². The molecule has 0 aliphatic heterocycles. The van der Waals surface area contributed by atoms with Crippen molar-refractivity contribution in [1.82, 2.24) is 10.9 Å². The summed E-state index contributed by atoms with van der Waals surface area (Å²) in [5, 5.41) is 0. The van der Waals surface area contributed by atoms with E-state index >= 15 is 0 Å². The van der Waals surface area contributed by atoms with Crippen molar-refractivity contribution in [3.63, 3.8) is 0 Å². The van der Waals surface area contributed by atoms with Crippen molar-refractivity contribution in [3.05, 3.63) is 9.10 Å². The quantitative estimate of drug-likeness (QED) is 0.269. The molecule has 0 saturated heterocycles. The van der Waals surface area contributed by atoms with E-state index in [1.54, 1.807) is 9.10 Å². The maximum atomic E-state index is 2.75. The van der Waals surface area contributed by atoms with Crippen molar-refractivity contribution >= 4 is 45.2 Å². The molecule has 0 spiro atoms. The van der Waals surface area contributed by atoms with Gasteiger partial charge in [-0.05, 0) is 0 Å². The summed E-state index contributed by atoms with van der Waals surface area (Å²) in [7, 11) is 0. The van der Waals surface area contributed by atoms with Crippen LogP contribution in [-0.2, 0) is 0 Å². The molecule has 0 aliphatic rings. The lowest BCUT2D eigenvalue weighted by molar-refractivity contribution is 0.759. The zero-order valence-corrected chi connectivity index (χ0v) is 7.23. The second-order valence-electron chi connectivity index (χ2n) is 0.507. The van der Waals surface area contributed by atoms with Crippen LogP contribution in [0.1, 0.15) is 0 Å². The molecule has 2 nitrogen and oxygen atoms in total. The molecule has 0 amide bonds. The van der Waals surface area contributed by atoms with Crippen molar-refractivity contribution in [2.45, 2.75) is 0 Å². The minimum atomic E-state index is 1.78. The molecule has 0 saturated carbocycles. The average Bonchev–Trinajstić information content (AvgIpc) is 1.61. The molecule has 0 aliphatic carbocycles. The molecule has 2 N–H and O–H groups in total. The van der Waals surface area contributed by atoms with E-state index in [1.807, 2.05) is 0 Å². The van der Waals surface area contributed by atoms with E-state index in [2.05, 4.69) is 56.0 Å². The van der Waals surface area contributed by atoms with Gasteiger partial charge in [0.05, 0.1) is 0 Å². The highest BCUT2D eigenvalue weighted by molar-refractivity contribution is 14.1. The Balaban J connectivity index is 2.34. The molecule has 0 atom stereocenters. The van der Waals surface area contributed by atoms with Crippen LogP contribution in [0.25, 0.3) is 0 Å². The zero-order valence-electron chi connectivity index (χ0n) is 2.91. The van der Waals surface area contributed by atoms with Crippen LogP contribution in [0.5, 0.6) is 0 Å². The number of hydrogen-bond donors (Lipinski definition) is 2. The predicted molar refractivity (Wildman–Crippen MR) is 42.9 cm³/mol. The molecule has 38 valence electrons. The maximum absolute atomic E-state index is 2.75. The summed E-state index contributed by atoms with van der Waals surface area (Å²) < 4.78 is 3.57. The van der Waals surface area contributed by atoms with Crippen LogP contribution in [0.3, 0.4) is 0 Å². The number of hydrazine groups is 1. The summed E-state index contributed by atoms with van der Waals surface area (Å²) in [5.74, 6) is 0. The Bertz CT molecular complexity index is 21.5. The standard InChI is InChI=1S/C2H4I2N2/c3-1-5-6-2-4/h1-2,5-6H/q-2. The first kappa shape index (κ1) is 7.38. The Morgan fingerprint density at radius 1 is 1.00 bits per heavy atom. The van der Waals surface area contributed by atoms with Gasteiger partial charge in [0.15, 0.2) is 0 Å². The van der Waals surface area contributed by atoms with Gasteiger partial charge in [-0.2, -0.15) is 9.10 Å². The van der Waals surface area contributed by atoms with Gasteiger partial charge in [-0.3, -0.25) is 45.2 Å². The van der Waals surface area contributed by atoms with Crippen LogP contribution in [0.4, 0.5) is 0 Å². The minimum Gasteiger partial charge on any atom is -0.427 e. The summed E-state index contributed by atoms with van der Waals surface area (Å²) in [6, 6.07) is 0. The monoisotopic (exact) mass is 310 g/mol. The van der Waals surface area contributed by atoms with E-state index in [0.717, 1.165) is 0 Å². The zero-order chi connectivity index (χ0) is 4.83. The second kappa shape index (κ2) is 6.38. The highest BCUT2D eigenvalue weighted by Gasteiger charge is 1.48. The third kappa shape index (κ3) is 5.38. The van der Waals surface area contributed by atoms with Crippen LogP contribution in [-0.4, -0.2) is 0 Å². The summed E-state index contributed by atoms with van der Waals surface area (Å²) in [6.07, 6.45) is 0. The van der Waals surface area contributed by atoms with Crippen molar-refractivity contribution in [3.8, 4) is 0 Å². The Hall–Kier alpha value is 1.38. The Morgan fingerprint density at radius 3 is 1.50 bits per heavy atom. The van der Waals surface area contributed by atoms with Gasteiger partial charge in [0.25, 0.3) is 0 Å². The Kier molecular flexibility index (Phi) is 7.85. The molecule has 0 fully saturated rings. The highest BCUT2D eigenvalue weighted by Crippen LogP contribution is 1.82. The lowest BCUT2D eigenvalue weighted by Gasteiger charge is -2.14. The van der Waals surface area contributed by atoms with E-state index in [4.69, 9.17) is 0 Å². The van der Waals surface area contributed by atoms with Crippen LogP contribution >= 0.6 is 45.2 Å². The second-order valence-corrected chi connectivity index (χ2v) is 1.75. The van der Waals surface area contributed by atoms with Crippen LogP contribution in [0.15, 0.2) is 0 Å². The van der Waals surface area contributed by atoms with Crippen molar-refractivity contribution in [2.24, 2.45) is 0 Å². The summed E-state index contributed by atoms with van der Waals surface area (Å²) in [4.78, 5) is 0. The topological polar surface area (TPSA) is 24.1 Å². The Morgan fingerprint density at radius 2 is 1.33 bits per heavy atom. The number of nitrogens with one attached hydrogen (secondary N) is 2. The lowest BCUT2D eigenvalue weighted by atomic mass is 11.4. The van der Waals surface area contributed by atoms with E-state index in [-0.39, 0.29) is 0 Å². The van der Waals surface area contributed by atoms with Gasteiger partial charge < -0.3 is 10.9 Å². The number of hydrogen-bond acceptors (Lipinski definition) is 2. The molecule has 0 aromatic carbocycles. The molecule has 0 unspecified atom stereocenters. The van der Waals surface area contributed by atoms with Gasteiger partial charge in [0.1, 0.15) is 0 Å². The third-order valence-electron chi connectivity index (χ3n) is 0.192. The smallest absolute Gasteiger partial charge is 0.194 e. The van der Waals surface area contributed by atoms with Crippen molar-refractivity contribution in [2.75, 3.05) is 0 Å². The molecule has 0 aromatic rings. The lowest BCUT2D eigenvalue weighted by Crippen LogP contribution is -2.22.